The van der Waals surface area contributed by atoms with Gasteiger partial charge in [-0.2, -0.15) is 4.98 Å². The van der Waals surface area contributed by atoms with Gasteiger partial charge in [-0.05, 0) is 38.3 Å². The van der Waals surface area contributed by atoms with E-state index < -0.39 is 10.7 Å². The van der Waals surface area contributed by atoms with Crippen LogP contribution >= 0.6 is 34.8 Å². The van der Waals surface area contributed by atoms with Crippen LogP contribution in [0.15, 0.2) is 28.8 Å². The molecule has 0 radical (unpaired) electrons. The zero-order valence-electron chi connectivity index (χ0n) is 15.9. The molecule has 156 valence electrons. The van der Waals surface area contributed by atoms with E-state index in [-0.39, 0.29) is 18.5 Å². The molecule has 1 atom stereocenters. The lowest BCUT2D eigenvalue weighted by Gasteiger charge is -2.35. The number of hydrogen-bond donors (Lipinski definition) is 0. The molecule has 1 aliphatic heterocycles. The number of nitrogens with zero attached hydrogens (tertiary/aromatic N) is 4. The van der Waals surface area contributed by atoms with Crippen LogP contribution in [0.3, 0.4) is 0 Å². The molecule has 1 aromatic heterocycles. The molecule has 7 nitrogen and oxygen atoms in total. The Morgan fingerprint density at radius 1 is 1.34 bits per heavy atom. The van der Waals surface area contributed by atoms with Crippen LogP contribution < -0.4 is 0 Å². The van der Waals surface area contributed by atoms with Crippen molar-refractivity contribution in [3.8, 4) is 11.4 Å². The van der Waals surface area contributed by atoms with E-state index in [1.54, 1.807) is 24.0 Å². The van der Waals surface area contributed by atoms with Gasteiger partial charge in [0.1, 0.15) is 6.04 Å². The van der Waals surface area contributed by atoms with Gasteiger partial charge in [-0.25, -0.2) is 0 Å². The molecular weight excluding hydrogens is 439 g/mol. The van der Waals surface area contributed by atoms with E-state index in [4.69, 9.17) is 39.3 Å². The highest BCUT2D eigenvalue weighted by Gasteiger charge is 2.33. The summed E-state index contributed by atoms with van der Waals surface area (Å²) in [5, 5.41) is 4.62. The number of piperidine rings is 1. The predicted molar refractivity (Wildman–Crippen MR) is 111 cm³/mol. The fourth-order valence-corrected chi connectivity index (χ4v) is 3.81. The van der Waals surface area contributed by atoms with Crippen molar-refractivity contribution in [1.82, 2.24) is 19.9 Å². The minimum atomic E-state index is -1.20. The molecule has 0 bridgehead atoms. The summed E-state index contributed by atoms with van der Waals surface area (Å²) < 4.78 is 5.47. The Kier molecular flexibility index (Phi) is 7.38. The molecule has 1 aliphatic rings. The second-order valence-corrected chi connectivity index (χ2v) is 8.25. The maximum atomic E-state index is 12.9. The molecule has 1 unspecified atom stereocenters. The second kappa shape index (κ2) is 9.78. The molecular formula is C19H21Cl3N4O3. The maximum Gasteiger partial charge on any atom is 0.256 e. The summed E-state index contributed by atoms with van der Waals surface area (Å²) in [6.45, 7) is 2.55. The molecule has 10 heteroatoms. The Bertz CT molecular complexity index is 874. The Morgan fingerprint density at radius 2 is 2.14 bits per heavy atom. The number of likely N-dealkylation sites (tertiary alicyclic amines) is 1. The topological polar surface area (TPSA) is 79.5 Å². The molecule has 0 saturated carbocycles. The van der Waals surface area contributed by atoms with E-state index >= 15 is 0 Å². The zero-order chi connectivity index (χ0) is 21.0. The number of hydrogen-bond acceptors (Lipinski definition) is 5. The van der Waals surface area contributed by atoms with Gasteiger partial charge in [0, 0.05) is 23.7 Å². The number of amides is 2. The van der Waals surface area contributed by atoms with Crippen molar-refractivity contribution in [2.45, 2.75) is 37.1 Å². The van der Waals surface area contributed by atoms with Crippen LogP contribution in [0.4, 0.5) is 0 Å². The summed E-state index contributed by atoms with van der Waals surface area (Å²) in [5.41, 5.74) is 0.735. The Morgan fingerprint density at radius 3 is 2.83 bits per heavy atom. The van der Waals surface area contributed by atoms with Gasteiger partial charge in [-0.3, -0.25) is 9.59 Å². The average molecular weight is 460 g/mol. The van der Waals surface area contributed by atoms with Crippen molar-refractivity contribution in [2.24, 2.45) is 0 Å². The molecule has 1 saturated heterocycles. The van der Waals surface area contributed by atoms with Crippen molar-refractivity contribution in [2.75, 3.05) is 19.6 Å². The number of aromatic nitrogens is 2. The van der Waals surface area contributed by atoms with Crippen molar-refractivity contribution in [3.63, 3.8) is 0 Å². The SMILES string of the molecule is CCN(CC(=O)N1CCCCC1c1nc(-c2cccc(Cl)c2)no1)C(=O)C(Cl)Cl. The fourth-order valence-electron chi connectivity index (χ4n) is 3.34. The minimum absolute atomic E-state index is 0.100. The number of benzene rings is 1. The summed E-state index contributed by atoms with van der Waals surface area (Å²) in [6.07, 6.45) is 2.51. The molecule has 0 aliphatic carbocycles. The molecule has 2 aromatic rings. The summed E-state index contributed by atoms with van der Waals surface area (Å²) in [7, 11) is 0. The highest BCUT2D eigenvalue weighted by atomic mass is 35.5. The maximum absolute atomic E-state index is 12.9. The first-order valence-corrected chi connectivity index (χ1v) is 10.6. The number of halogens is 3. The van der Waals surface area contributed by atoms with Crippen molar-refractivity contribution in [3.05, 3.63) is 35.2 Å². The smallest absolute Gasteiger partial charge is 0.256 e. The van der Waals surface area contributed by atoms with Crippen LogP contribution in [0.1, 0.15) is 38.1 Å². The third kappa shape index (κ3) is 5.21. The third-order valence-corrected chi connectivity index (χ3v) is 5.45. The number of carbonyl (C=O) groups excluding carboxylic acids is 2. The molecule has 0 N–H and O–H groups in total. The molecule has 3 rings (SSSR count). The summed E-state index contributed by atoms with van der Waals surface area (Å²) >= 11 is 17.4. The normalized spacial score (nSPS) is 16.9. The quantitative estimate of drug-likeness (QED) is 0.608. The Labute approximate surface area is 183 Å². The largest absolute Gasteiger partial charge is 0.337 e. The van der Waals surface area contributed by atoms with Gasteiger partial charge in [0.05, 0.1) is 6.54 Å². The third-order valence-electron chi connectivity index (χ3n) is 4.84. The standard InChI is InChI=1S/C19H21Cl3N4O3/c1-2-25(19(28)16(21)22)11-15(27)26-9-4-3-8-14(26)18-23-17(24-29-18)12-6-5-7-13(20)10-12/h5-7,10,14,16H,2-4,8-9,11H2,1H3. The summed E-state index contributed by atoms with van der Waals surface area (Å²) in [5.74, 6) is 0.0908. The van der Waals surface area contributed by atoms with Crippen LogP contribution in [-0.4, -0.2) is 56.2 Å². The highest BCUT2D eigenvalue weighted by molar-refractivity contribution is 6.53. The lowest BCUT2D eigenvalue weighted by atomic mass is 10.0. The lowest BCUT2D eigenvalue weighted by molar-refractivity contribution is -0.142. The first-order chi connectivity index (χ1) is 13.9. The van der Waals surface area contributed by atoms with Crippen molar-refractivity contribution < 1.29 is 14.1 Å². The van der Waals surface area contributed by atoms with Gasteiger partial charge in [-0.15, -0.1) is 0 Å². The average Bonchev–Trinajstić information content (AvgIpc) is 3.21. The van der Waals surface area contributed by atoms with Crippen molar-refractivity contribution in [1.29, 1.82) is 0 Å². The Balaban J connectivity index is 1.78. The van der Waals surface area contributed by atoms with Gasteiger partial charge in [0.25, 0.3) is 5.91 Å². The van der Waals surface area contributed by atoms with Gasteiger partial charge in [0.2, 0.25) is 17.6 Å². The van der Waals surface area contributed by atoms with Crippen LogP contribution in [0.2, 0.25) is 5.02 Å². The van der Waals surface area contributed by atoms with Gasteiger partial charge < -0.3 is 14.3 Å². The highest BCUT2D eigenvalue weighted by Crippen LogP contribution is 2.31. The number of rotatable bonds is 6. The van der Waals surface area contributed by atoms with Crippen LogP contribution in [-0.2, 0) is 9.59 Å². The Hall–Kier alpha value is -1.83. The van der Waals surface area contributed by atoms with Crippen LogP contribution in [0.5, 0.6) is 0 Å². The minimum Gasteiger partial charge on any atom is -0.337 e. The number of alkyl halides is 2. The second-order valence-electron chi connectivity index (χ2n) is 6.72. The molecule has 2 amide bonds. The zero-order valence-corrected chi connectivity index (χ0v) is 18.1. The monoisotopic (exact) mass is 458 g/mol. The first-order valence-electron chi connectivity index (χ1n) is 9.36. The molecule has 1 fully saturated rings. The summed E-state index contributed by atoms with van der Waals surface area (Å²) in [6, 6.07) is 6.82. The molecule has 0 spiro atoms. The first kappa shape index (κ1) is 21.9. The van der Waals surface area contributed by atoms with E-state index in [0.29, 0.717) is 36.2 Å². The van der Waals surface area contributed by atoms with E-state index in [9.17, 15) is 9.59 Å². The fraction of sp³-hybridized carbons (Fsp3) is 0.474. The van der Waals surface area contributed by atoms with E-state index in [0.717, 1.165) is 18.4 Å². The van der Waals surface area contributed by atoms with Crippen LogP contribution in [0, 0.1) is 0 Å². The molecule has 29 heavy (non-hydrogen) atoms. The molecule has 2 heterocycles. The lowest BCUT2D eigenvalue weighted by Crippen LogP contribution is -2.47. The van der Waals surface area contributed by atoms with Crippen LogP contribution in [0.25, 0.3) is 11.4 Å². The summed E-state index contributed by atoms with van der Waals surface area (Å²) in [4.78, 5) is 31.3. The van der Waals surface area contributed by atoms with Gasteiger partial charge in [0.15, 0.2) is 4.84 Å². The van der Waals surface area contributed by atoms with E-state index in [2.05, 4.69) is 10.1 Å². The number of carbonyl (C=O) groups is 2. The van der Waals surface area contributed by atoms with Gasteiger partial charge >= 0.3 is 0 Å². The predicted octanol–water partition coefficient (Wildman–Crippen LogP) is 4.10. The number of likely N-dealkylation sites (N-methyl/N-ethyl adjacent to an activating group) is 1. The van der Waals surface area contributed by atoms with E-state index in [1.807, 2.05) is 12.1 Å². The molecule has 1 aromatic carbocycles. The van der Waals surface area contributed by atoms with Gasteiger partial charge in [-0.1, -0.05) is 52.1 Å². The van der Waals surface area contributed by atoms with E-state index in [1.165, 1.54) is 4.90 Å². The van der Waals surface area contributed by atoms with Crippen molar-refractivity contribution >= 4 is 46.6 Å².